The minimum absolute atomic E-state index is 0.350. The van der Waals surface area contributed by atoms with Gasteiger partial charge in [0.05, 0.1) is 5.92 Å². The van der Waals surface area contributed by atoms with Gasteiger partial charge in [0.15, 0.2) is 0 Å². The molecule has 0 heterocycles. The normalized spacial score (nSPS) is 22.5. The van der Waals surface area contributed by atoms with Gasteiger partial charge in [-0.15, -0.1) is 0 Å². The lowest BCUT2D eigenvalue weighted by molar-refractivity contribution is -0.138. The first kappa shape index (κ1) is 11.1. The average molecular weight is 251 g/mol. The van der Waals surface area contributed by atoms with Crippen LogP contribution in [0.4, 0.5) is 0 Å². The molecule has 2 nitrogen and oxygen atoms in total. The molecule has 0 aromatic heterocycles. The Bertz CT molecular complexity index is 477. The third kappa shape index (κ3) is 2.06. The fraction of sp³-hybridized carbons (Fsp3) is 0.500. The first-order valence-electron chi connectivity index (χ1n) is 6.19. The fourth-order valence-electron chi connectivity index (χ4n) is 2.73. The van der Waals surface area contributed by atoms with Crippen molar-refractivity contribution in [3.63, 3.8) is 0 Å². The molecule has 0 spiro atoms. The van der Waals surface area contributed by atoms with E-state index in [4.69, 9.17) is 16.7 Å². The van der Waals surface area contributed by atoms with Crippen molar-refractivity contribution in [2.24, 2.45) is 5.92 Å². The van der Waals surface area contributed by atoms with Crippen molar-refractivity contribution in [2.45, 2.75) is 38.0 Å². The van der Waals surface area contributed by atoms with Crippen LogP contribution in [0.5, 0.6) is 0 Å². The Morgan fingerprint density at radius 1 is 1.35 bits per heavy atom. The largest absolute Gasteiger partial charge is 0.481 e. The van der Waals surface area contributed by atoms with Crippen LogP contribution in [-0.4, -0.2) is 11.1 Å². The summed E-state index contributed by atoms with van der Waals surface area (Å²) in [4.78, 5) is 11.1. The van der Waals surface area contributed by atoms with E-state index in [9.17, 15) is 4.79 Å². The number of aliphatic carboxylic acids is 1. The predicted molar refractivity (Wildman–Crippen MR) is 66.6 cm³/mol. The van der Waals surface area contributed by atoms with Crippen LogP contribution in [0.3, 0.4) is 0 Å². The molecule has 1 aromatic carbocycles. The Kier molecular flexibility index (Phi) is 2.62. The molecule has 0 bridgehead atoms. The van der Waals surface area contributed by atoms with Crippen LogP contribution in [0.15, 0.2) is 12.1 Å². The lowest BCUT2D eigenvalue weighted by Gasteiger charge is -2.10. The Morgan fingerprint density at radius 3 is 2.76 bits per heavy atom. The van der Waals surface area contributed by atoms with Crippen LogP contribution in [0.25, 0.3) is 0 Å². The summed E-state index contributed by atoms with van der Waals surface area (Å²) in [6, 6.07) is 4.03. The molecule has 0 amide bonds. The molecule has 1 saturated carbocycles. The van der Waals surface area contributed by atoms with Crippen LogP contribution < -0.4 is 0 Å². The van der Waals surface area contributed by atoms with Gasteiger partial charge < -0.3 is 5.11 Å². The molecule has 1 fully saturated rings. The summed E-state index contributed by atoms with van der Waals surface area (Å²) in [6.07, 6.45) is 5.27. The molecule has 90 valence electrons. The summed E-state index contributed by atoms with van der Waals surface area (Å²) >= 11 is 6.26. The van der Waals surface area contributed by atoms with Gasteiger partial charge in [-0.2, -0.15) is 0 Å². The summed E-state index contributed by atoms with van der Waals surface area (Å²) < 4.78 is 0. The van der Waals surface area contributed by atoms with Gasteiger partial charge in [-0.3, -0.25) is 4.79 Å². The predicted octanol–water partition coefficient (Wildman–Crippen LogP) is 3.41. The molecule has 1 atom stereocenters. The van der Waals surface area contributed by atoms with Crippen molar-refractivity contribution in [1.82, 2.24) is 0 Å². The van der Waals surface area contributed by atoms with E-state index in [-0.39, 0.29) is 5.92 Å². The zero-order valence-electron chi connectivity index (χ0n) is 9.58. The summed E-state index contributed by atoms with van der Waals surface area (Å²) in [6.45, 7) is 0. The highest BCUT2D eigenvalue weighted by Crippen LogP contribution is 2.39. The van der Waals surface area contributed by atoms with Crippen molar-refractivity contribution in [3.05, 3.63) is 33.8 Å². The van der Waals surface area contributed by atoms with Crippen LogP contribution >= 0.6 is 11.6 Å². The second-order valence-electron chi connectivity index (χ2n) is 5.22. The SMILES string of the molecule is O=C(O)C1CCc2cc(CC3CC3)c(Cl)cc21. The highest BCUT2D eigenvalue weighted by atomic mass is 35.5. The highest BCUT2D eigenvalue weighted by Gasteiger charge is 2.30. The molecule has 0 radical (unpaired) electrons. The number of rotatable bonds is 3. The topological polar surface area (TPSA) is 37.3 Å². The van der Waals surface area contributed by atoms with E-state index in [0.717, 1.165) is 29.3 Å². The number of fused-ring (bicyclic) bond motifs is 1. The van der Waals surface area contributed by atoms with Crippen molar-refractivity contribution < 1.29 is 9.90 Å². The van der Waals surface area contributed by atoms with E-state index < -0.39 is 5.97 Å². The minimum atomic E-state index is -0.727. The van der Waals surface area contributed by atoms with E-state index in [0.29, 0.717) is 6.42 Å². The fourth-order valence-corrected chi connectivity index (χ4v) is 2.98. The van der Waals surface area contributed by atoms with Gasteiger partial charge >= 0.3 is 5.97 Å². The van der Waals surface area contributed by atoms with Gasteiger partial charge in [0.1, 0.15) is 0 Å². The number of carboxylic acids is 1. The van der Waals surface area contributed by atoms with Crippen LogP contribution in [0.1, 0.15) is 41.9 Å². The number of hydrogen-bond donors (Lipinski definition) is 1. The zero-order chi connectivity index (χ0) is 12.0. The molecule has 1 N–H and O–H groups in total. The molecule has 2 aliphatic carbocycles. The number of carbonyl (C=O) groups is 1. The Labute approximate surface area is 106 Å². The summed E-state index contributed by atoms with van der Waals surface area (Å²) in [5.41, 5.74) is 3.33. The summed E-state index contributed by atoms with van der Waals surface area (Å²) in [5.74, 6) is -0.269. The standard InChI is InChI=1S/C14H15ClO2/c15-13-7-12-9(3-4-11(12)14(16)17)6-10(13)5-8-1-2-8/h6-8,11H,1-5H2,(H,16,17). The molecule has 0 aliphatic heterocycles. The first-order chi connectivity index (χ1) is 8.15. The van der Waals surface area contributed by atoms with Crippen LogP contribution in [-0.2, 0) is 17.6 Å². The lowest BCUT2D eigenvalue weighted by atomic mass is 9.98. The third-order valence-electron chi connectivity index (χ3n) is 3.89. The lowest BCUT2D eigenvalue weighted by Crippen LogP contribution is -2.08. The van der Waals surface area contributed by atoms with E-state index >= 15 is 0 Å². The third-order valence-corrected chi connectivity index (χ3v) is 4.24. The molecule has 0 saturated heterocycles. The molecule has 3 heteroatoms. The molecule has 1 unspecified atom stereocenters. The van der Waals surface area contributed by atoms with Crippen LogP contribution in [0, 0.1) is 5.92 Å². The highest BCUT2D eigenvalue weighted by molar-refractivity contribution is 6.31. The second kappa shape index (κ2) is 4.02. The molecular weight excluding hydrogens is 236 g/mol. The second-order valence-corrected chi connectivity index (χ2v) is 5.63. The van der Waals surface area contributed by atoms with Crippen molar-refractivity contribution in [1.29, 1.82) is 0 Å². The maximum atomic E-state index is 11.1. The van der Waals surface area contributed by atoms with Gasteiger partial charge in [0.2, 0.25) is 0 Å². The smallest absolute Gasteiger partial charge is 0.310 e. The molecule has 1 aromatic rings. The van der Waals surface area contributed by atoms with Gasteiger partial charge in [0, 0.05) is 5.02 Å². The van der Waals surface area contributed by atoms with E-state index in [2.05, 4.69) is 6.07 Å². The van der Waals surface area contributed by atoms with Gasteiger partial charge in [0.25, 0.3) is 0 Å². The monoisotopic (exact) mass is 250 g/mol. The minimum Gasteiger partial charge on any atom is -0.481 e. The number of halogens is 1. The molecular formula is C14H15ClO2. The summed E-state index contributed by atoms with van der Waals surface area (Å²) in [5, 5.41) is 9.89. The molecule has 2 aliphatic rings. The Balaban J connectivity index is 1.94. The van der Waals surface area contributed by atoms with E-state index in [1.165, 1.54) is 24.0 Å². The van der Waals surface area contributed by atoms with Gasteiger partial charge in [-0.25, -0.2) is 0 Å². The maximum absolute atomic E-state index is 11.1. The number of carboxylic acid groups (broad SMARTS) is 1. The molecule has 3 rings (SSSR count). The molecule has 17 heavy (non-hydrogen) atoms. The van der Waals surface area contributed by atoms with Crippen molar-refractivity contribution >= 4 is 17.6 Å². The van der Waals surface area contributed by atoms with Crippen molar-refractivity contribution in [3.8, 4) is 0 Å². The van der Waals surface area contributed by atoms with Gasteiger partial charge in [-0.1, -0.05) is 17.7 Å². The van der Waals surface area contributed by atoms with E-state index in [1.807, 2.05) is 6.07 Å². The zero-order valence-corrected chi connectivity index (χ0v) is 10.3. The maximum Gasteiger partial charge on any atom is 0.310 e. The Hall–Kier alpha value is -1.02. The number of aryl methyl sites for hydroxylation is 1. The Morgan fingerprint density at radius 2 is 2.12 bits per heavy atom. The van der Waals surface area contributed by atoms with Crippen molar-refractivity contribution in [2.75, 3.05) is 0 Å². The number of hydrogen-bond acceptors (Lipinski definition) is 1. The van der Waals surface area contributed by atoms with E-state index in [1.54, 1.807) is 0 Å². The first-order valence-corrected chi connectivity index (χ1v) is 6.57. The van der Waals surface area contributed by atoms with Gasteiger partial charge in [-0.05, 0) is 60.8 Å². The average Bonchev–Trinajstić information content (AvgIpc) is 2.98. The summed E-state index contributed by atoms with van der Waals surface area (Å²) in [7, 11) is 0. The van der Waals surface area contributed by atoms with Crippen LogP contribution in [0.2, 0.25) is 5.02 Å². The number of benzene rings is 1. The quantitative estimate of drug-likeness (QED) is 0.893.